The van der Waals surface area contributed by atoms with Crippen LogP contribution in [0.2, 0.25) is 0 Å². The molecule has 1 unspecified atom stereocenters. The minimum absolute atomic E-state index is 0.0143. The van der Waals surface area contributed by atoms with Crippen molar-refractivity contribution in [1.82, 2.24) is 4.90 Å². The number of aliphatic hydroxyl groups is 1. The number of carboxylic acids is 1. The maximum absolute atomic E-state index is 13.1. The molecular weight excluding hydrogens is 442 g/mol. The van der Waals surface area contributed by atoms with E-state index in [1.807, 2.05) is 0 Å². The van der Waals surface area contributed by atoms with Crippen molar-refractivity contribution in [2.75, 3.05) is 20.4 Å². The zero-order chi connectivity index (χ0) is 24.2. The summed E-state index contributed by atoms with van der Waals surface area (Å²) >= 11 is 0. The fourth-order valence-electron chi connectivity index (χ4n) is 4.18. The van der Waals surface area contributed by atoms with Crippen LogP contribution >= 0.6 is 0 Å². The Balaban J connectivity index is 1.70. The predicted octanol–water partition coefficient (Wildman–Crippen LogP) is 3.49. The third-order valence-corrected chi connectivity index (χ3v) is 5.91. The molecule has 2 aliphatic heterocycles. The summed E-state index contributed by atoms with van der Waals surface area (Å²) in [7, 11) is 1.52. The summed E-state index contributed by atoms with van der Waals surface area (Å²) in [4.78, 5) is 38.3. The molecule has 0 radical (unpaired) electrons. The monoisotopic (exact) mass is 467 g/mol. The van der Waals surface area contributed by atoms with Gasteiger partial charge in [0.15, 0.2) is 11.5 Å². The van der Waals surface area contributed by atoms with Gasteiger partial charge in [0.05, 0.1) is 18.7 Å². The zero-order valence-electron chi connectivity index (χ0n) is 18.7. The molecule has 2 aromatic rings. The summed E-state index contributed by atoms with van der Waals surface area (Å²) in [6, 6.07) is 10.9. The van der Waals surface area contributed by atoms with Crippen LogP contribution in [-0.4, -0.2) is 53.2 Å². The molecule has 0 aliphatic carbocycles. The molecule has 4 rings (SSSR count). The first kappa shape index (κ1) is 23.2. The van der Waals surface area contributed by atoms with E-state index in [0.29, 0.717) is 47.6 Å². The first-order valence-corrected chi connectivity index (χ1v) is 10.9. The molecule has 2 aromatic carbocycles. The van der Waals surface area contributed by atoms with E-state index in [0.717, 1.165) is 0 Å². The lowest BCUT2D eigenvalue weighted by Crippen LogP contribution is -2.30. The second-order valence-electron chi connectivity index (χ2n) is 8.04. The van der Waals surface area contributed by atoms with Gasteiger partial charge in [-0.05, 0) is 54.8 Å². The van der Waals surface area contributed by atoms with Crippen LogP contribution in [0.15, 0.2) is 48.0 Å². The van der Waals surface area contributed by atoms with Crippen molar-refractivity contribution < 1.29 is 38.8 Å². The van der Waals surface area contributed by atoms with Gasteiger partial charge < -0.3 is 29.3 Å². The van der Waals surface area contributed by atoms with Gasteiger partial charge in [0.25, 0.3) is 11.7 Å². The predicted molar refractivity (Wildman–Crippen MR) is 121 cm³/mol. The van der Waals surface area contributed by atoms with Gasteiger partial charge in [-0.15, -0.1) is 0 Å². The molecule has 2 heterocycles. The van der Waals surface area contributed by atoms with Crippen molar-refractivity contribution in [2.24, 2.45) is 0 Å². The van der Waals surface area contributed by atoms with Crippen LogP contribution in [0.1, 0.15) is 42.9 Å². The Kier molecular flexibility index (Phi) is 6.72. The highest BCUT2D eigenvalue weighted by Crippen LogP contribution is 2.43. The Labute approximate surface area is 196 Å². The smallest absolute Gasteiger partial charge is 0.303 e. The Morgan fingerprint density at radius 1 is 1.03 bits per heavy atom. The maximum Gasteiger partial charge on any atom is 0.303 e. The number of benzene rings is 2. The molecular formula is C25H25NO8. The Morgan fingerprint density at radius 3 is 2.47 bits per heavy atom. The van der Waals surface area contributed by atoms with Crippen LogP contribution in [0, 0.1) is 0 Å². The largest absolute Gasteiger partial charge is 0.507 e. The Hall–Kier alpha value is -4.01. The van der Waals surface area contributed by atoms with Crippen LogP contribution in [0.4, 0.5) is 0 Å². The number of ketones is 1. The van der Waals surface area contributed by atoms with E-state index in [1.54, 1.807) is 42.5 Å². The summed E-state index contributed by atoms with van der Waals surface area (Å²) in [5, 5.41) is 19.9. The fraction of sp³-hybridized carbons (Fsp3) is 0.320. The Bertz CT molecular complexity index is 1140. The summed E-state index contributed by atoms with van der Waals surface area (Å²) < 4.78 is 16.0. The molecule has 2 aliphatic rings. The number of hydrogen-bond donors (Lipinski definition) is 2. The molecule has 1 saturated heterocycles. The van der Waals surface area contributed by atoms with E-state index in [2.05, 4.69) is 0 Å². The van der Waals surface area contributed by atoms with Crippen molar-refractivity contribution in [3.63, 3.8) is 0 Å². The summed E-state index contributed by atoms with van der Waals surface area (Å²) in [6.45, 7) is 0.317. The molecule has 1 fully saturated rings. The van der Waals surface area contributed by atoms with Crippen LogP contribution in [0.3, 0.4) is 0 Å². The molecule has 0 spiro atoms. The topological polar surface area (TPSA) is 123 Å². The van der Waals surface area contributed by atoms with Gasteiger partial charge in [-0.3, -0.25) is 14.4 Å². The van der Waals surface area contributed by atoms with Crippen molar-refractivity contribution in [1.29, 1.82) is 0 Å². The van der Waals surface area contributed by atoms with Gasteiger partial charge in [0.2, 0.25) is 6.79 Å². The van der Waals surface area contributed by atoms with Gasteiger partial charge in [-0.1, -0.05) is 12.5 Å². The van der Waals surface area contributed by atoms with Crippen LogP contribution in [0.5, 0.6) is 17.2 Å². The zero-order valence-corrected chi connectivity index (χ0v) is 18.7. The number of likely N-dealkylation sites (tertiary alicyclic amines) is 1. The van der Waals surface area contributed by atoms with Gasteiger partial charge in [0.1, 0.15) is 11.5 Å². The average molecular weight is 467 g/mol. The number of carbonyl (C=O) groups excluding carboxylic acids is 2. The SMILES string of the molecule is COc1ccc(/C(O)=C2\C(=O)C(=O)N(CCCCCC(=O)O)C2c2ccc3c(c2)OCO3)cc1. The highest BCUT2D eigenvalue weighted by molar-refractivity contribution is 6.46. The lowest BCUT2D eigenvalue weighted by atomic mass is 9.95. The molecule has 2 N–H and O–H groups in total. The van der Waals surface area contributed by atoms with Crippen LogP contribution < -0.4 is 14.2 Å². The number of fused-ring (bicyclic) bond motifs is 1. The number of amides is 1. The maximum atomic E-state index is 13.1. The standard InChI is InChI=1S/C25H25NO8/c1-32-17-9-6-15(7-10-17)23(29)21-22(16-8-11-18-19(13-16)34-14-33-18)26(25(31)24(21)30)12-4-2-3-5-20(27)28/h6-11,13,22,29H,2-5,12,14H2,1H3,(H,27,28)/b23-21+. The molecule has 9 nitrogen and oxygen atoms in total. The van der Waals surface area contributed by atoms with Crippen molar-refractivity contribution in [3.8, 4) is 17.2 Å². The van der Waals surface area contributed by atoms with Crippen LogP contribution in [-0.2, 0) is 14.4 Å². The number of methoxy groups -OCH3 is 1. The molecule has 0 aromatic heterocycles. The van der Waals surface area contributed by atoms with Gasteiger partial charge in [-0.25, -0.2) is 0 Å². The molecule has 1 amide bonds. The second kappa shape index (κ2) is 9.86. The van der Waals surface area contributed by atoms with Gasteiger partial charge >= 0.3 is 5.97 Å². The van der Waals surface area contributed by atoms with Crippen molar-refractivity contribution in [3.05, 3.63) is 59.2 Å². The second-order valence-corrected chi connectivity index (χ2v) is 8.04. The lowest BCUT2D eigenvalue weighted by Gasteiger charge is -2.25. The van der Waals surface area contributed by atoms with E-state index in [1.165, 1.54) is 12.0 Å². The quantitative estimate of drug-likeness (QED) is 0.249. The van der Waals surface area contributed by atoms with E-state index >= 15 is 0 Å². The molecule has 178 valence electrons. The number of nitrogens with zero attached hydrogens (tertiary/aromatic N) is 1. The highest BCUT2D eigenvalue weighted by Gasteiger charge is 2.46. The number of unbranched alkanes of at least 4 members (excludes halogenated alkanes) is 2. The third-order valence-electron chi connectivity index (χ3n) is 5.91. The normalized spacial score (nSPS) is 18.4. The molecule has 1 atom stereocenters. The first-order valence-electron chi connectivity index (χ1n) is 10.9. The van der Waals surface area contributed by atoms with E-state index < -0.39 is 23.7 Å². The number of aliphatic carboxylic acids is 1. The number of Topliss-reactive ketones (excluding diaryl/α,β-unsaturated/α-hetero) is 1. The number of hydrogen-bond acceptors (Lipinski definition) is 7. The van der Waals surface area contributed by atoms with E-state index in [9.17, 15) is 19.5 Å². The summed E-state index contributed by atoms with van der Waals surface area (Å²) in [5.41, 5.74) is 0.967. The summed E-state index contributed by atoms with van der Waals surface area (Å²) in [5.74, 6) is -1.00. The van der Waals surface area contributed by atoms with E-state index in [-0.39, 0.29) is 31.1 Å². The molecule has 0 bridgehead atoms. The van der Waals surface area contributed by atoms with Crippen molar-refractivity contribution >= 4 is 23.4 Å². The lowest BCUT2D eigenvalue weighted by molar-refractivity contribution is -0.140. The number of carbonyl (C=O) groups is 3. The Morgan fingerprint density at radius 2 is 1.76 bits per heavy atom. The van der Waals surface area contributed by atoms with Gasteiger partial charge in [-0.2, -0.15) is 0 Å². The number of aliphatic hydroxyl groups excluding tert-OH is 1. The highest BCUT2D eigenvalue weighted by atomic mass is 16.7. The average Bonchev–Trinajstić information content (AvgIpc) is 3.40. The minimum atomic E-state index is -0.875. The van der Waals surface area contributed by atoms with E-state index in [4.69, 9.17) is 19.3 Å². The molecule has 34 heavy (non-hydrogen) atoms. The summed E-state index contributed by atoms with van der Waals surface area (Å²) in [6.07, 6.45) is 1.62. The molecule has 9 heteroatoms. The molecule has 0 saturated carbocycles. The third kappa shape index (κ3) is 4.54. The van der Waals surface area contributed by atoms with Gasteiger partial charge in [0, 0.05) is 18.5 Å². The minimum Gasteiger partial charge on any atom is -0.507 e. The number of carboxylic acid groups (broad SMARTS) is 1. The van der Waals surface area contributed by atoms with Crippen LogP contribution in [0.25, 0.3) is 5.76 Å². The number of rotatable bonds is 9. The number of ether oxygens (including phenoxy) is 3. The first-order chi connectivity index (χ1) is 16.4. The van der Waals surface area contributed by atoms with Crippen molar-refractivity contribution in [2.45, 2.75) is 31.7 Å². The fourth-order valence-corrected chi connectivity index (χ4v) is 4.18.